The lowest BCUT2D eigenvalue weighted by molar-refractivity contribution is 0.530. The van der Waals surface area contributed by atoms with Gasteiger partial charge in [-0.2, -0.15) is 5.96 Å². The smallest absolute Gasteiger partial charge is 0 e. The third-order valence-electron chi connectivity index (χ3n) is 0.938. The quantitative estimate of drug-likeness (QED) is 0.503. The van der Waals surface area contributed by atoms with Crippen molar-refractivity contribution in [3.8, 4) is 82.9 Å². The number of hydrogen-bond donors (Lipinski definition) is 1. The molecule has 0 aromatic rings. The molecule has 0 atom stereocenters. The largest absolute Gasteiger partial charge is 0.172 e. The van der Waals surface area contributed by atoms with Gasteiger partial charge in [-0.15, -0.1) is 4.48 Å². The molecule has 0 aliphatic carbocycles. The van der Waals surface area contributed by atoms with E-state index in [9.17, 15) is 0 Å². The third kappa shape index (κ3) is 18.6. The van der Waals surface area contributed by atoms with Gasteiger partial charge in [0, 0.05) is 21.4 Å². The van der Waals surface area contributed by atoms with Crippen LogP contribution in [0.25, 0.3) is 0 Å². The Morgan fingerprint density at radius 3 is 0.833 bits per heavy atom. The Morgan fingerprint density at radius 2 is 0.667 bits per heavy atom. The van der Waals surface area contributed by atoms with Gasteiger partial charge < -0.3 is 0 Å². The van der Waals surface area contributed by atoms with E-state index in [1.54, 1.807) is 13.8 Å². The first-order valence-electron chi connectivity index (χ1n) is 4.47. The fourth-order valence-corrected chi connectivity index (χ4v) is 0.438. The van der Waals surface area contributed by atoms with E-state index in [4.69, 9.17) is 4.48 Å². The second kappa shape index (κ2) is 19.4. The van der Waals surface area contributed by atoms with Crippen LogP contribution in [0.5, 0.6) is 0 Å². The average Bonchev–Trinajstić information content (AvgIpc) is 2.42. The van der Waals surface area contributed by atoms with Gasteiger partial charge in [-0.25, -0.2) is 0 Å². The maximum Gasteiger partial charge on any atom is 0 e. The Morgan fingerprint density at radius 1 is 0.500 bits per heavy atom. The first-order valence-corrected chi connectivity index (χ1v) is 4.47. The molecule has 0 aromatic carbocycles. The van der Waals surface area contributed by atoms with Gasteiger partial charge in [-0.3, -0.25) is 0 Å². The minimum atomic E-state index is 0. The van der Waals surface area contributed by atoms with Crippen molar-refractivity contribution >= 4 is 0 Å². The summed E-state index contributed by atoms with van der Waals surface area (Å²) in [7, 11) is 0. The van der Waals surface area contributed by atoms with E-state index in [-0.39, 0.29) is 21.4 Å². The molecule has 2 N–H and O–H groups in total. The van der Waals surface area contributed by atoms with Crippen molar-refractivity contribution in [3.63, 3.8) is 0 Å². The first kappa shape index (κ1) is 17.2. The van der Waals surface area contributed by atoms with Crippen LogP contribution in [0, 0.1) is 82.9 Å². The van der Waals surface area contributed by atoms with Crippen LogP contribution in [-0.2, 0) is 0 Å². The second-order valence-corrected chi connectivity index (χ2v) is 2.00. The molecule has 0 heterocycles. The zero-order valence-corrected chi connectivity index (χ0v) is 9.96. The molecule has 0 saturated carbocycles. The molecule has 0 unspecified atom stereocenters. The van der Waals surface area contributed by atoms with Crippen LogP contribution < -0.4 is 5.96 Å². The standard InChI is InChI=1S/C16H6.FH2N.15H2/c1-3-5-7-9-11-13-15-16-14-12-10-8-6-4-2;1-2;;;;;;;;;;;;;;;/h1-2H3;2H2;15*1H. The summed E-state index contributed by atoms with van der Waals surface area (Å²) in [5.74, 6) is 38.6. The zero-order chi connectivity index (χ0) is 13.9. The number of hydrogen-bond acceptors (Lipinski definition) is 1. The fourth-order valence-electron chi connectivity index (χ4n) is 0.438. The van der Waals surface area contributed by atoms with E-state index >= 15 is 0 Å². The normalized spacial score (nSPS) is 3.78. The van der Waals surface area contributed by atoms with Crippen LogP contribution in [0.4, 0.5) is 4.48 Å². The molecule has 18 heavy (non-hydrogen) atoms. The van der Waals surface area contributed by atoms with Crippen molar-refractivity contribution in [3.05, 3.63) is 0 Å². The molecular formula is C16H38FN. The van der Waals surface area contributed by atoms with Crippen LogP contribution >= 0.6 is 0 Å². The molecule has 0 aliphatic rings. The van der Waals surface area contributed by atoms with Crippen molar-refractivity contribution in [2.45, 2.75) is 13.8 Å². The molecule has 0 amide bonds. The van der Waals surface area contributed by atoms with E-state index in [1.165, 1.54) is 0 Å². The molecular weight excluding hydrogens is 225 g/mol. The highest BCUT2D eigenvalue weighted by Gasteiger charge is 1.56. The van der Waals surface area contributed by atoms with E-state index in [1.807, 2.05) is 0 Å². The molecule has 0 radical (unpaired) electrons. The lowest BCUT2D eigenvalue weighted by atomic mass is 10.5. The van der Waals surface area contributed by atoms with Crippen molar-refractivity contribution in [2.24, 2.45) is 5.96 Å². The van der Waals surface area contributed by atoms with Gasteiger partial charge in [0.25, 0.3) is 0 Å². The summed E-state index contributed by atoms with van der Waals surface area (Å²) in [6.45, 7) is 3.42. The highest BCUT2D eigenvalue weighted by atomic mass is 19.2. The third-order valence-corrected chi connectivity index (χ3v) is 0.938. The summed E-state index contributed by atoms with van der Waals surface area (Å²) in [5.41, 5.74) is 0. The Bertz CT molecular complexity index is 637. The molecule has 0 aromatic heterocycles. The van der Waals surface area contributed by atoms with Crippen molar-refractivity contribution < 1.29 is 25.9 Å². The lowest BCUT2D eigenvalue weighted by Crippen LogP contribution is -1.55. The van der Waals surface area contributed by atoms with Gasteiger partial charge in [0.15, 0.2) is 0 Å². The van der Waals surface area contributed by atoms with Gasteiger partial charge >= 0.3 is 0 Å². The Labute approximate surface area is 130 Å². The topological polar surface area (TPSA) is 26.0 Å². The fraction of sp³-hybridized carbons (Fsp3) is 0.125. The predicted molar refractivity (Wildman–Crippen MR) is 103 cm³/mol. The maximum absolute atomic E-state index is 9.00. The number of halogens is 1. The molecule has 0 bridgehead atoms. The highest BCUT2D eigenvalue weighted by molar-refractivity contribution is 5.45. The highest BCUT2D eigenvalue weighted by Crippen LogP contribution is 1.57. The maximum atomic E-state index is 9.00. The summed E-state index contributed by atoms with van der Waals surface area (Å²) in [6.07, 6.45) is 0. The van der Waals surface area contributed by atoms with Gasteiger partial charge in [-0.05, 0) is 84.9 Å². The first-order chi connectivity index (χ1) is 8.91. The number of rotatable bonds is 0. The monoisotopic (exact) mass is 263 g/mol. The van der Waals surface area contributed by atoms with Gasteiger partial charge in [0.2, 0.25) is 0 Å². The van der Waals surface area contributed by atoms with Gasteiger partial charge in [0.05, 0.1) is 0 Å². The predicted octanol–water partition coefficient (Wildman–Crippen LogP) is 4.57. The Balaban J connectivity index is -0.00000000976. The van der Waals surface area contributed by atoms with E-state index in [0.29, 0.717) is 0 Å². The Hall–Kier alpha value is -3.19. The number of nitrogens with two attached hydrogens (primary N) is 1. The molecule has 0 spiro atoms. The van der Waals surface area contributed by atoms with E-state index < -0.39 is 0 Å². The van der Waals surface area contributed by atoms with Crippen molar-refractivity contribution in [1.29, 1.82) is 0 Å². The zero-order valence-electron chi connectivity index (χ0n) is 9.96. The minimum absolute atomic E-state index is 0. The minimum Gasteiger partial charge on any atom is -0.172 e. The molecule has 2 heteroatoms. The summed E-state index contributed by atoms with van der Waals surface area (Å²) in [4.78, 5) is 0. The van der Waals surface area contributed by atoms with Crippen LogP contribution in [0.1, 0.15) is 35.2 Å². The molecule has 0 saturated heterocycles. The SMILES string of the molecule is CC#CC#CC#CC#CC#CC#CC#CC.NF.[HH].[HH].[HH].[HH].[HH].[HH].[HH].[HH].[HH].[HH].[HH].[HH].[HH].[HH].[HH]. The van der Waals surface area contributed by atoms with E-state index in [0.717, 1.165) is 0 Å². The van der Waals surface area contributed by atoms with Crippen molar-refractivity contribution in [2.75, 3.05) is 0 Å². The van der Waals surface area contributed by atoms with Crippen molar-refractivity contribution in [1.82, 2.24) is 0 Å². The van der Waals surface area contributed by atoms with Gasteiger partial charge in [0.1, 0.15) is 0 Å². The second-order valence-electron chi connectivity index (χ2n) is 2.00. The lowest BCUT2D eigenvalue weighted by Gasteiger charge is -1.56. The summed E-state index contributed by atoms with van der Waals surface area (Å²) in [5, 5.41) is 0. The molecule has 0 aliphatic heterocycles. The molecule has 0 fully saturated rings. The van der Waals surface area contributed by atoms with Crippen LogP contribution in [0.15, 0.2) is 0 Å². The average molecular weight is 263 g/mol. The molecule has 1 nitrogen and oxygen atoms in total. The Kier molecular flexibility index (Phi) is 18.5. The van der Waals surface area contributed by atoms with Crippen LogP contribution in [0.2, 0.25) is 0 Å². The summed E-state index contributed by atoms with van der Waals surface area (Å²) >= 11 is 0. The molecule has 114 valence electrons. The van der Waals surface area contributed by atoms with Gasteiger partial charge in [-0.1, -0.05) is 11.8 Å². The van der Waals surface area contributed by atoms with Crippen LogP contribution in [-0.4, -0.2) is 0 Å². The summed E-state index contributed by atoms with van der Waals surface area (Å²) < 4.78 is 9.00. The van der Waals surface area contributed by atoms with E-state index in [2.05, 4.69) is 88.8 Å². The molecule has 0 rings (SSSR count). The summed E-state index contributed by atoms with van der Waals surface area (Å²) in [6, 6.07) is 0. The van der Waals surface area contributed by atoms with Crippen LogP contribution in [0.3, 0.4) is 0 Å².